The molecule has 0 aromatic heterocycles. The lowest BCUT2D eigenvalue weighted by Crippen LogP contribution is -2.50. The second-order valence-electron chi connectivity index (χ2n) is 11.7. The molecule has 0 aliphatic heterocycles. The van der Waals surface area contributed by atoms with E-state index in [-0.39, 0.29) is 42.7 Å². The van der Waals surface area contributed by atoms with E-state index in [0.717, 1.165) is 11.1 Å². The van der Waals surface area contributed by atoms with Gasteiger partial charge < -0.3 is 30.9 Å². The van der Waals surface area contributed by atoms with Gasteiger partial charge in [0.1, 0.15) is 6.04 Å². The summed E-state index contributed by atoms with van der Waals surface area (Å²) in [5.41, 5.74) is 7.75. The number of carbonyl (C=O) groups excluding carboxylic acids is 2. The molecule has 0 saturated carbocycles. The number of anilines is 1. The summed E-state index contributed by atoms with van der Waals surface area (Å²) in [5, 5.41) is 5.55. The zero-order chi connectivity index (χ0) is 35.3. The number of amides is 2. The third-order valence-electron chi connectivity index (χ3n) is 7.53. The monoisotopic (exact) mass is 740 g/mol. The van der Waals surface area contributed by atoms with E-state index in [2.05, 4.69) is 10.6 Å². The minimum Gasteiger partial charge on any atom is -0.453 e. The summed E-state index contributed by atoms with van der Waals surface area (Å²) in [7, 11) is -7.79. The van der Waals surface area contributed by atoms with Crippen molar-refractivity contribution in [1.29, 1.82) is 0 Å². The van der Waals surface area contributed by atoms with Crippen LogP contribution in [0.15, 0.2) is 89.8 Å². The highest BCUT2D eigenvalue weighted by molar-refractivity contribution is 7.89. The topological polar surface area (TPSA) is 198 Å². The maximum Gasteiger partial charge on any atom is 0.469 e. The average Bonchev–Trinajstić information content (AvgIpc) is 3.05. The molecule has 0 radical (unpaired) electrons. The fourth-order valence-electron chi connectivity index (χ4n) is 5.28. The van der Waals surface area contributed by atoms with E-state index in [9.17, 15) is 32.4 Å². The van der Waals surface area contributed by atoms with Crippen LogP contribution in [0.5, 0.6) is 0 Å². The van der Waals surface area contributed by atoms with Crippen LogP contribution < -0.4 is 16.4 Å². The van der Waals surface area contributed by atoms with Crippen LogP contribution in [0.2, 0.25) is 0 Å². The number of rotatable bonds is 18. The van der Waals surface area contributed by atoms with E-state index >= 15 is 0 Å². The Kier molecular flexibility index (Phi) is 16.7. The molecular weight excluding hydrogens is 695 g/mol. The Bertz CT molecular complexity index is 1570. The number of halogens is 1. The second kappa shape index (κ2) is 19.6. The van der Waals surface area contributed by atoms with Crippen molar-refractivity contribution in [3.63, 3.8) is 0 Å². The lowest BCUT2D eigenvalue weighted by atomic mass is 9.84. The van der Waals surface area contributed by atoms with Crippen molar-refractivity contribution in [2.75, 3.05) is 32.5 Å². The van der Waals surface area contributed by atoms with Crippen LogP contribution in [0, 0.1) is 5.92 Å². The molecule has 49 heavy (non-hydrogen) atoms. The minimum absolute atomic E-state index is 0. The quantitative estimate of drug-likeness (QED) is 0.0695. The Morgan fingerprint density at radius 1 is 0.918 bits per heavy atom. The Balaban J connectivity index is 0.00000833. The number of methoxy groups -OCH3 is 1. The number of alkyl carbamates (subject to hydrolysis) is 1. The number of ether oxygens (including phenoxy) is 1. The summed E-state index contributed by atoms with van der Waals surface area (Å²) in [5.74, 6) is -1.11. The molecule has 13 nitrogen and oxygen atoms in total. The van der Waals surface area contributed by atoms with Crippen LogP contribution in [-0.2, 0) is 28.6 Å². The number of carbonyl (C=O) groups is 2. The van der Waals surface area contributed by atoms with Crippen LogP contribution in [-0.4, -0.2) is 73.4 Å². The van der Waals surface area contributed by atoms with E-state index in [0.29, 0.717) is 18.5 Å². The van der Waals surface area contributed by atoms with Gasteiger partial charge in [0.05, 0.1) is 18.6 Å². The largest absolute Gasteiger partial charge is 0.469 e. The summed E-state index contributed by atoms with van der Waals surface area (Å²) in [6.45, 7) is 3.37. The number of nitrogens with two attached hydrogens (primary N) is 1. The highest BCUT2D eigenvalue weighted by atomic mass is 35.5. The molecule has 0 heterocycles. The summed E-state index contributed by atoms with van der Waals surface area (Å²) in [4.78, 5) is 44.8. The van der Waals surface area contributed by atoms with Gasteiger partial charge in [-0.3, -0.25) is 9.32 Å². The van der Waals surface area contributed by atoms with Crippen LogP contribution in [0.4, 0.5) is 10.5 Å². The van der Waals surface area contributed by atoms with Gasteiger partial charge in [-0.05, 0) is 54.2 Å². The van der Waals surface area contributed by atoms with Crippen LogP contribution in [0.1, 0.15) is 50.2 Å². The lowest BCUT2D eigenvalue weighted by Gasteiger charge is -2.32. The first-order valence-corrected chi connectivity index (χ1v) is 18.5. The predicted octanol–water partition coefficient (Wildman–Crippen LogP) is 4.66. The highest BCUT2D eigenvalue weighted by Crippen LogP contribution is 2.37. The van der Waals surface area contributed by atoms with E-state index in [1.807, 2.05) is 74.5 Å². The third-order valence-corrected chi connectivity index (χ3v) is 9.95. The van der Waals surface area contributed by atoms with Crippen molar-refractivity contribution in [3.8, 4) is 0 Å². The zero-order valence-corrected chi connectivity index (χ0v) is 30.2. The smallest absolute Gasteiger partial charge is 0.453 e. The third kappa shape index (κ3) is 13.0. The van der Waals surface area contributed by atoms with Gasteiger partial charge in [-0.15, -0.1) is 12.4 Å². The lowest BCUT2D eigenvalue weighted by molar-refractivity contribution is -0.123. The van der Waals surface area contributed by atoms with Crippen LogP contribution in [0.3, 0.4) is 0 Å². The number of nitrogens with one attached hydrogen (secondary N) is 2. The van der Waals surface area contributed by atoms with E-state index < -0.39 is 54.5 Å². The van der Waals surface area contributed by atoms with Gasteiger partial charge in [-0.25, -0.2) is 17.8 Å². The molecule has 0 aliphatic rings. The molecule has 0 saturated heterocycles. The first kappa shape index (κ1) is 41.7. The molecule has 2 atom stereocenters. The van der Waals surface area contributed by atoms with Crippen molar-refractivity contribution >= 4 is 47.9 Å². The number of hydrogen-bond donors (Lipinski definition) is 5. The molecule has 3 rings (SSSR count). The van der Waals surface area contributed by atoms with Gasteiger partial charge in [0, 0.05) is 30.7 Å². The van der Waals surface area contributed by atoms with Gasteiger partial charge in [-0.2, -0.15) is 4.31 Å². The van der Waals surface area contributed by atoms with Gasteiger partial charge in [-0.1, -0.05) is 80.9 Å². The standard InChI is InChI=1S/C33H45N4O9PS.ClH/c1-24(2)22-37(48(43,44)29-19-17-27(34)18-20-29)28(23-46-47(40,41)42)16-10-11-21-35-32(38)31(36-33(39)45-3)30(25-12-6-4-7-13-25)26-14-8-5-9-15-26;/h4-9,12-15,17-20,24,28,30-31H,10-11,16,21-23,34H2,1-3H3,(H,35,38)(H,36,39)(H2,40,41,42);1H/t28-,31?;/m1./s1. The molecule has 2 amide bonds. The number of hydrogen-bond acceptors (Lipinski definition) is 8. The predicted molar refractivity (Wildman–Crippen MR) is 190 cm³/mol. The van der Waals surface area contributed by atoms with Crippen molar-refractivity contribution in [2.24, 2.45) is 5.92 Å². The summed E-state index contributed by atoms with van der Waals surface area (Å²) in [6, 6.07) is 22.3. The number of nitrogens with zero attached hydrogens (tertiary/aromatic N) is 1. The maximum absolute atomic E-state index is 13.7. The highest BCUT2D eigenvalue weighted by Gasteiger charge is 2.35. The molecule has 0 bridgehead atoms. The SMILES string of the molecule is COC(=O)NC(C(=O)NCCCC[C@H](COP(=O)(O)O)N(CC(C)C)S(=O)(=O)c1ccc(N)cc1)C(c1ccccc1)c1ccccc1.Cl. The first-order valence-electron chi connectivity index (χ1n) is 15.5. The van der Waals surface area contributed by atoms with Gasteiger partial charge in [0.25, 0.3) is 0 Å². The van der Waals surface area contributed by atoms with Crippen molar-refractivity contribution in [3.05, 3.63) is 96.1 Å². The van der Waals surface area contributed by atoms with Gasteiger partial charge in [0.15, 0.2) is 0 Å². The fraction of sp³-hybridized carbons (Fsp3) is 0.394. The molecule has 6 N–H and O–H groups in total. The number of unbranched alkanes of at least 4 members (excludes halogenated alkanes) is 1. The van der Waals surface area contributed by atoms with Gasteiger partial charge in [0.2, 0.25) is 15.9 Å². The van der Waals surface area contributed by atoms with E-state index in [1.54, 1.807) is 0 Å². The number of nitrogen functional groups attached to an aromatic ring is 1. The minimum atomic E-state index is -4.91. The number of phosphoric acid groups is 1. The number of benzene rings is 3. The molecule has 1 unspecified atom stereocenters. The fourth-order valence-corrected chi connectivity index (χ4v) is 7.45. The zero-order valence-electron chi connectivity index (χ0n) is 27.7. The van der Waals surface area contributed by atoms with Crippen molar-refractivity contribution in [2.45, 2.75) is 56.0 Å². The van der Waals surface area contributed by atoms with Gasteiger partial charge >= 0.3 is 13.9 Å². The van der Waals surface area contributed by atoms with Crippen LogP contribution >= 0.6 is 20.2 Å². The number of phosphoric ester groups is 1. The Labute approximate surface area is 294 Å². The summed E-state index contributed by atoms with van der Waals surface area (Å²) < 4.78 is 49.9. The summed E-state index contributed by atoms with van der Waals surface area (Å²) >= 11 is 0. The Morgan fingerprint density at radius 3 is 1.96 bits per heavy atom. The molecule has 3 aromatic carbocycles. The molecule has 0 fully saturated rings. The molecule has 0 spiro atoms. The van der Waals surface area contributed by atoms with Crippen LogP contribution in [0.25, 0.3) is 0 Å². The van der Waals surface area contributed by atoms with E-state index in [4.69, 9.17) is 15.0 Å². The Hall–Kier alpha value is -3.49. The molecule has 16 heteroatoms. The average molecular weight is 741 g/mol. The molecule has 270 valence electrons. The van der Waals surface area contributed by atoms with E-state index in [1.165, 1.54) is 35.7 Å². The second-order valence-corrected chi connectivity index (χ2v) is 14.8. The first-order chi connectivity index (χ1) is 22.7. The van der Waals surface area contributed by atoms with Crippen molar-refractivity contribution in [1.82, 2.24) is 14.9 Å². The molecule has 0 aliphatic carbocycles. The number of sulfonamides is 1. The normalized spacial score (nSPS) is 13.1. The summed E-state index contributed by atoms with van der Waals surface area (Å²) in [6.07, 6.45) is 0.170. The molecule has 3 aromatic rings. The van der Waals surface area contributed by atoms with Crippen molar-refractivity contribution < 1.29 is 41.6 Å². The Morgan fingerprint density at radius 2 is 1.47 bits per heavy atom. The molecular formula is C33H46ClN4O9PS. The maximum atomic E-state index is 13.7.